The van der Waals surface area contributed by atoms with Gasteiger partial charge in [-0.25, -0.2) is 4.98 Å². The van der Waals surface area contributed by atoms with Crippen molar-refractivity contribution in [1.82, 2.24) is 4.98 Å². The van der Waals surface area contributed by atoms with Crippen molar-refractivity contribution in [2.45, 2.75) is 27.2 Å². The predicted molar refractivity (Wildman–Crippen MR) is 95.3 cm³/mol. The van der Waals surface area contributed by atoms with Crippen LogP contribution in [0.5, 0.6) is 11.5 Å². The van der Waals surface area contributed by atoms with Gasteiger partial charge in [0.25, 0.3) is 5.91 Å². The summed E-state index contributed by atoms with van der Waals surface area (Å²) in [5.41, 5.74) is 1.40. The molecule has 1 aromatic heterocycles. The lowest BCUT2D eigenvalue weighted by Gasteiger charge is -2.15. The summed E-state index contributed by atoms with van der Waals surface area (Å²) < 4.78 is 11.2. The van der Waals surface area contributed by atoms with Crippen LogP contribution in [0.2, 0.25) is 5.02 Å². The summed E-state index contributed by atoms with van der Waals surface area (Å²) in [6, 6.07) is 6.85. The van der Waals surface area contributed by atoms with Gasteiger partial charge in [0, 0.05) is 11.8 Å². The number of amides is 1. The monoisotopic (exact) mass is 348 g/mol. The maximum Gasteiger partial charge on any atom is 0.257 e. The van der Waals surface area contributed by atoms with Gasteiger partial charge in [0.15, 0.2) is 11.5 Å². The Kier molecular flexibility index (Phi) is 6.44. The Morgan fingerprint density at radius 1 is 1.25 bits per heavy atom. The summed E-state index contributed by atoms with van der Waals surface area (Å²) in [6.45, 7) is 6.77. The highest BCUT2D eigenvalue weighted by Gasteiger charge is 2.16. The van der Waals surface area contributed by atoms with Crippen molar-refractivity contribution in [1.29, 1.82) is 0 Å². The maximum absolute atomic E-state index is 12.5. The van der Waals surface area contributed by atoms with Crippen LogP contribution in [0.4, 0.5) is 5.82 Å². The fraction of sp³-hybridized carbons (Fsp3) is 0.333. The lowest BCUT2D eigenvalue weighted by Crippen LogP contribution is -2.13. The Bertz CT molecular complexity index is 719. The molecule has 0 atom stereocenters. The van der Waals surface area contributed by atoms with Gasteiger partial charge in [0.2, 0.25) is 0 Å². The van der Waals surface area contributed by atoms with Crippen molar-refractivity contribution in [2.75, 3.05) is 18.5 Å². The number of carbonyl (C=O) groups excluding carboxylic acids is 1. The normalized spacial score (nSPS) is 10.3. The number of ether oxygens (including phenoxy) is 2. The number of nitrogens with one attached hydrogen (secondary N) is 1. The molecule has 5 nitrogen and oxygen atoms in total. The molecule has 0 unspecified atom stereocenters. The number of hydrogen-bond donors (Lipinski definition) is 1. The second kappa shape index (κ2) is 8.55. The fourth-order valence-electron chi connectivity index (χ4n) is 2.10. The van der Waals surface area contributed by atoms with Crippen molar-refractivity contribution in [3.8, 4) is 11.5 Å². The van der Waals surface area contributed by atoms with Gasteiger partial charge in [0.05, 0.1) is 18.2 Å². The number of benzene rings is 1. The van der Waals surface area contributed by atoms with E-state index < -0.39 is 0 Å². The van der Waals surface area contributed by atoms with Gasteiger partial charge in [-0.2, -0.15) is 0 Å². The number of pyridine rings is 1. The highest BCUT2D eigenvalue weighted by molar-refractivity contribution is 6.32. The number of halogens is 1. The first-order valence-electron chi connectivity index (χ1n) is 7.88. The summed E-state index contributed by atoms with van der Waals surface area (Å²) in [7, 11) is 0. The zero-order valence-electron chi connectivity index (χ0n) is 14.1. The standard InChI is InChI=1S/C18H21ClN2O3/c1-4-8-24-17-14(19)10-13(11-15(17)23-5-2)18(22)21-16-9-12(3)6-7-20-16/h6-7,9-11H,4-5,8H2,1-3H3,(H,20,21,22). The summed E-state index contributed by atoms with van der Waals surface area (Å²) in [5, 5.41) is 3.10. The third-order valence-corrected chi connectivity index (χ3v) is 3.46. The third kappa shape index (κ3) is 4.61. The number of anilines is 1. The molecule has 0 bridgehead atoms. The Labute approximate surface area is 147 Å². The second-order valence-corrected chi connectivity index (χ2v) is 5.65. The quantitative estimate of drug-likeness (QED) is 0.801. The van der Waals surface area contributed by atoms with E-state index in [1.807, 2.05) is 26.8 Å². The van der Waals surface area contributed by atoms with Crippen molar-refractivity contribution < 1.29 is 14.3 Å². The Hall–Kier alpha value is -2.27. The van der Waals surface area contributed by atoms with Crippen molar-refractivity contribution in [3.63, 3.8) is 0 Å². The molecule has 2 aromatic rings. The molecule has 1 amide bonds. The molecule has 1 heterocycles. The molecule has 0 spiro atoms. The second-order valence-electron chi connectivity index (χ2n) is 5.24. The van der Waals surface area contributed by atoms with Crippen LogP contribution in [0.15, 0.2) is 30.5 Å². The maximum atomic E-state index is 12.5. The molecule has 0 aliphatic heterocycles. The van der Waals surface area contributed by atoms with E-state index in [-0.39, 0.29) is 5.91 Å². The number of carbonyl (C=O) groups is 1. The van der Waals surface area contributed by atoms with Crippen LogP contribution in [0.25, 0.3) is 0 Å². The van der Waals surface area contributed by atoms with Crippen molar-refractivity contribution in [3.05, 3.63) is 46.6 Å². The average molecular weight is 349 g/mol. The van der Waals surface area contributed by atoms with Crippen LogP contribution < -0.4 is 14.8 Å². The lowest BCUT2D eigenvalue weighted by molar-refractivity contribution is 0.102. The van der Waals surface area contributed by atoms with E-state index in [2.05, 4.69) is 10.3 Å². The first-order valence-corrected chi connectivity index (χ1v) is 8.26. The highest BCUT2D eigenvalue weighted by atomic mass is 35.5. The third-order valence-electron chi connectivity index (χ3n) is 3.18. The minimum Gasteiger partial charge on any atom is -0.490 e. The van der Waals surface area contributed by atoms with Gasteiger partial charge in [-0.1, -0.05) is 18.5 Å². The molecule has 2 rings (SSSR count). The van der Waals surface area contributed by atoms with E-state index in [1.165, 1.54) is 0 Å². The first-order chi connectivity index (χ1) is 11.5. The summed E-state index contributed by atoms with van der Waals surface area (Å²) in [4.78, 5) is 16.6. The van der Waals surface area contributed by atoms with Crippen molar-refractivity contribution in [2.24, 2.45) is 0 Å². The van der Waals surface area contributed by atoms with Crippen LogP contribution in [-0.4, -0.2) is 24.1 Å². The first kappa shape index (κ1) is 18.1. The van der Waals surface area contributed by atoms with E-state index in [0.717, 1.165) is 12.0 Å². The van der Waals surface area contributed by atoms with Gasteiger partial charge >= 0.3 is 0 Å². The molecule has 0 radical (unpaired) electrons. The largest absolute Gasteiger partial charge is 0.490 e. The topological polar surface area (TPSA) is 60.5 Å². The minimum atomic E-state index is -0.307. The van der Waals surface area contributed by atoms with Gasteiger partial charge in [-0.15, -0.1) is 0 Å². The molecular formula is C18H21ClN2O3. The van der Waals surface area contributed by atoms with Crippen LogP contribution in [0.1, 0.15) is 36.2 Å². The van der Waals surface area contributed by atoms with Crippen LogP contribution in [0.3, 0.4) is 0 Å². The molecule has 0 saturated carbocycles. The molecule has 1 aromatic carbocycles. The molecule has 24 heavy (non-hydrogen) atoms. The SMILES string of the molecule is CCCOc1c(Cl)cc(C(=O)Nc2cc(C)ccn2)cc1OCC. The number of aryl methyl sites for hydroxylation is 1. The number of rotatable bonds is 7. The molecular weight excluding hydrogens is 328 g/mol. The van der Waals surface area contributed by atoms with Crippen LogP contribution in [0, 0.1) is 6.92 Å². The summed E-state index contributed by atoms with van der Waals surface area (Å²) in [6.07, 6.45) is 2.49. The number of hydrogen-bond acceptors (Lipinski definition) is 4. The van der Waals surface area contributed by atoms with E-state index in [1.54, 1.807) is 24.4 Å². The van der Waals surface area contributed by atoms with Gasteiger partial charge in [0.1, 0.15) is 5.82 Å². The Balaban J connectivity index is 2.27. The van der Waals surface area contributed by atoms with E-state index in [4.69, 9.17) is 21.1 Å². The molecule has 0 fully saturated rings. The van der Waals surface area contributed by atoms with E-state index in [0.29, 0.717) is 41.1 Å². The zero-order chi connectivity index (χ0) is 17.5. The van der Waals surface area contributed by atoms with E-state index >= 15 is 0 Å². The molecule has 6 heteroatoms. The highest BCUT2D eigenvalue weighted by Crippen LogP contribution is 2.37. The van der Waals surface area contributed by atoms with Gasteiger partial charge < -0.3 is 14.8 Å². The number of aromatic nitrogens is 1. The van der Waals surface area contributed by atoms with Gasteiger partial charge in [-0.3, -0.25) is 4.79 Å². The lowest BCUT2D eigenvalue weighted by atomic mass is 10.2. The molecule has 0 aliphatic rings. The molecule has 1 N–H and O–H groups in total. The fourth-order valence-corrected chi connectivity index (χ4v) is 2.36. The van der Waals surface area contributed by atoms with Crippen LogP contribution >= 0.6 is 11.6 Å². The predicted octanol–water partition coefficient (Wildman–Crippen LogP) is 4.48. The summed E-state index contributed by atoms with van der Waals surface area (Å²) >= 11 is 6.28. The Morgan fingerprint density at radius 3 is 2.71 bits per heavy atom. The molecule has 128 valence electrons. The van der Waals surface area contributed by atoms with E-state index in [9.17, 15) is 4.79 Å². The van der Waals surface area contributed by atoms with Gasteiger partial charge in [-0.05, 0) is 50.1 Å². The zero-order valence-corrected chi connectivity index (χ0v) is 14.8. The minimum absolute atomic E-state index is 0.307. The smallest absolute Gasteiger partial charge is 0.257 e. The van der Waals surface area contributed by atoms with Crippen LogP contribution in [-0.2, 0) is 0 Å². The molecule has 0 aliphatic carbocycles. The summed E-state index contributed by atoms with van der Waals surface area (Å²) in [5.74, 6) is 1.10. The Morgan fingerprint density at radius 2 is 2.04 bits per heavy atom. The van der Waals surface area contributed by atoms with Crippen molar-refractivity contribution >= 4 is 23.3 Å². The number of nitrogens with zero attached hydrogens (tertiary/aromatic N) is 1. The average Bonchev–Trinajstić information content (AvgIpc) is 2.54. The molecule has 0 saturated heterocycles.